The standard InChI is InChI=1S/C17H23BrFNO3/c1-11-7-14(18)12(8-15(11)19)9-20(13-5-6-22-10-13)16(21)23-17(2,3)4/h7-8,13H,5-6,9-10H2,1-4H3. The van der Waals surface area contributed by atoms with Gasteiger partial charge in [-0.2, -0.15) is 0 Å². The summed E-state index contributed by atoms with van der Waals surface area (Å²) in [5, 5.41) is 0. The summed E-state index contributed by atoms with van der Waals surface area (Å²) in [6, 6.07) is 3.14. The molecule has 1 aromatic carbocycles. The van der Waals surface area contributed by atoms with Crippen LogP contribution in [0.4, 0.5) is 9.18 Å². The number of hydrogen-bond donors (Lipinski definition) is 0. The Balaban J connectivity index is 2.24. The zero-order valence-electron chi connectivity index (χ0n) is 14.0. The van der Waals surface area contributed by atoms with Gasteiger partial charge in [-0.1, -0.05) is 15.9 Å². The smallest absolute Gasteiger partial charge is 0.410 e. The number of carbonyl (C=O) groups is 1. The molecule has 0 aliphatic carbocycles. The van der Waals surface area contributed by atoms with E-state index in [2.05, 4.69) is 15.9 Å². The van der Waals surface area contributed by atoms with Gasteiger partial charge in [0.25, 0.3) is 0 Å². The first kappa shape index (κ1) is 18.2. The molecular formula is C17H23BrFNO3. The molecule has 128 valence electrons. The van der Waals surface area contributed by atoms with Gasteiger partial charge in [0.05, 0.1) is 19.2 Å². The minimum absolute atomic E-state index is 0.0545. The maximum Gasteiger partial charge on any atom is 0.410 e. The van der Waals surface area contributed by atoms with Crippen LogP contribution in [0.3, 0.4) is 0 Å². The highest BCUT2D eigenvalue weighted by atomic mass is 79.9. The van der Waals surface area contributed by atoms with Crippen LogP contribution in [0.25, 0.3) is 0 Å². The predicted molar refractivity (Wildman–Crippen MR) is 89.8 cm³/mol. The molecule has 0 N–H and O–H groups in total. The molecule has 1 saturated heterocycles. The Labute approximate surface area is 145 Å². The number of ether oxygens (including phenoxy) is 2. The van der Waals surface area contributed by atoms with Gasteiger partial charge >= 0.3 is 6.09 Å². The molecule has 1 fully saturated rings. The third kappa shape index (κ3) is 4.91. The zero-order valence-corrected chi connectivity index (χ0v) is 15.6. The van der Waals surface area contributed by atoms with Gasteiger partial charge < -0.3 is 9.47 Å². The van der Waals surface area contributed by atoms with Crippen LogP contribution in [0.5, 0.6) is 0 Å². The van der Waals surface area contributed by atoms with E-state index in [1.165, 1.54) is 6.07 Å². The average Bonchev–Trinajstić information content (AvgIpc) is 2.93. The van der Waals surface area contributed by atoms with Crippen molar-refractivity contribution >= 4 is 22.0 Å². The van der Waals surface area contributed by atoms with E-state index < -0.39 is 11.7 Å². The van der Waals surface area contributed by atoms with Crippen LogP contribution in [0, 0.1) is 12.7 Å². The lowest BCUT2D eigenvalue weighted by Crippen LogP contribution is -2.43. The first-order valence-corrected chi connectivity index (χ1v) is 8.48. The quantitative estimate of drug-likeness (QED) is 0.770. The third-order valence-corrected chi connectivity index (χ3v) is 4.38. The number of amides is 1. The molecule has 1 aliphatic heterocycles. The number of nitrogens with zero attached hydrogens (tertiary/aromatic N) is 1. The van der Waals surface area contributed by atoms with Crippen LogP contribution < -0.4 is 0 Å². The van der Waals surface area contributed by atoms with Crippen molar-refractivity contribution < 1.29 is 18.7 Å². The lowest BCUT2D eigenvalue weighted by Gasteiger charge is -2.31. The van der Waals surface area contributed by atoms with E-state index in [1.54, 1.807) is 17.9 Å². The van der Waals surface area contributed by atoms with Crippen LogP contribution >= 0.6 is 15.9 Å². The van der Waals surface area contributed by atoms with Crippen molar-refractivity contribution in [1.82, 2.24) is 4.90 Å². The van der Waals surface area contributed by atoms with Gasteiger partial charge in [0.15, 0.2) is 0 Å². The first-order valence-electron chi connectivity index (χ1n) is 7.69. The van der Waals surface area contributed by atoms with E-state index in [-0.39, 0.29) is 18.4 Å². The van der Waals surface area contributed by atoms with Crippen molar-refractivity contribution in [2.24, 2.45) is 0 Å². The summed E-state index contributed by atoms with van der Waals surface area (Å²) in [5.41, 5.74) is 0.699. The monoisotopic (exact) mass is 387 g/mol. The number of hydrogen-bond acceptors (Lipinski definition) is 3. The summed E-state index contributed by atoms with van der Waals surface area (Å²) in [6.45, 7) is 8.57. The molecule has 1 unspecified atom stereocenters. The SMILES string of the molecule is Cc1cc(Br)c(CN(C(=O)OC(C)(C)C)C2CCOC2)cc1F. The van der Waals surface area contributed by atoms with Gasteiger partial charge in [0, 0.05) is 11.1 Å². The fourth-order valence-electron chi connectivity index (χ4n) is 2.42. The maximum atomic E-state index is 13.9. The number of halogens is 2. The van der Waals surface area contributed by atoms with Gasteiger partial charge in [-0.05, 0) is 57.4 Å². The summed E-state index contributed by atoms with van der Waals surface area (Å²) >= 11 is 3.45. The van der Waals surface area contributed by atoms with Gasteiger partial charge in [-0.15, -0.1) is 0 Å². The topological polar surface area (TPSA) is 38.8 Å². The molecule has 4 nitrogen and oxygen atoms in total. The van der Waals surface area contributed by atoms with Crippen molar-refractivity contribution in [3.8, 4) is 0 Å². The Morgan fingerprint density at radius 2 is 2.17 bits per heavy atom. The van der Waals surface area contributed by atoms with Gasteiger partial charge in [-0.25, -0.2) is 9.18 Å². The Morgan fingerprint density at radius 1 is 1.48 bits per heavy atom. The fourth-order valence-corrected chi connectivity index (χ4v) is 3.01. The maximum absolute atomic E-state index is 13.9. The summed E-state index contributed by atoms with van der Waals surface area (Å²) in [7, 11) is 0. The molecule has 1 heterocycles. The highest BCUT2D eigenvalue weighted by Crippen LogP contribution is 2.26. The van der Waals surface area contributed by atoms with Gasteiger partial charge in [0.1, 0.15) is 11.4 Å². The van der Waals surface area contributed by atoms with E-state index in [0.29, 0.717) is 24.3 Å². The van der Waals surface area contributed by atoms with E-state index in [9.17, 15) is 9.18 Å². The highest BCUT2D eigenvalue weighted by molar-refractivity contribution is 9.10. The fraction of sp³-hybridized carbons (Fsp3) is 0.588. The Kier molecular flexibility index (Phi) is 5.68. The molecule has 6 heteroatoms. The molecule has 1 aromatic rings. The largest absolute Gasteiger partial charge is 0.444 e. The molecular weight excluding hydrogens is 365 g/mol. The van der Waals surface area contributed by atoms with E-state index >= 15 is 0 Å². The molecule has 0 spiro atoms. The second kappa shape index (κ2) is 7.18. The number of carbonyl (C=O) groups excluding carboxylic acids is 1. The Bertz CT molecular complexity index is 580. The minimum Gasteiger partial charge on any atom is -0.444 e. The molecule has 0 saturated carbocycles. The Morgan fingerprint density at radius 3 is 2.74 bits per heavy atom. The molecule has 0 aromatic heterocycles. The van der Waals surface area contributed by atoms with E-state index in [4.69, 9.17) is 9.47 Å². The second-order valence-electron chi connectivity index (χ2n) is 6.82. The normalized spacial score (nSPS) is 18.1. The highest BCUT2D eigenvalue weighted by Gasteiger charge is 2.31. The van der Waals surface area contributed by atoms with Crippen molar-refractivity contribution in [2.75, 3.05) is 13.2 Å². The number of aryl methyl sites for hydroxylation is 1. The summed E-state index contributed by atoms with van der Waals surface area (Å²) in [6.07, 6.45) is 0.353. The molecule has 1 aliphatic rings. The summed E-state index contributed by atoms with van der Waals surface area (Å²) in [4.78, 5) is 14.2. The molecule has 2 rings (SSSR count). The second-order valence-corrected chi connectivity index (χ2v) is 7.67. The number of benzene rings is 1. The molecule has 23 heavy (non-hydrogen) atoms. The van der Waals surface area contributed by atoms with Crippen LogP contribution in [-0.4, -0.2) is 35.8 Å². The third-order valence-electron chi connectivity index (χ3n) is 3.64. The van der Waals surface area contributed by atoms with Gasteiger partial charge in [0.2, 0.25) is 0 Å². The van der Waals surface area contributed by atoms with Crippen LogP contribution in [0.15, 0.2) is 16.6 Å². The van der Waals surface area contributed by atoms with Crippen LogP contribution in [0.2, 0.25) is 0 Å². The first-order chi connectivity index (χ1) is 10.7. The lowest BCUT2D eigenvalue weighted by molar-refractivity contribution is 0.0125. The average molecular weight is 388 g/mol. The Hall–Kier alpha value is -1.14. The van der Waals surface area contributed by atoms with Crippen molar-refractivity contribution in [3.05, 3.63) is 33.5 Å². The number of rotatable bonds is 3. The van der Waals surface area contributed by atoms with Gasteiger partial charge in [-0.3, -0.25) is 4.90 Å². The predicted octanol–water partition coefficient (Wildman–Crippen LogP) is 4.42. The lowest BCUT2D eigenvalue weighted by atomic mass is 10.1. The van der Waals surface area contributed by atoms with Crippen LogP contribution in [-0.2, 0) is 16.0 Å². The summed E-state index contributed by atoms with van der Waals surface area (Å²) in [5.74, 6) is -0.282. The molecule has 0 radical (unpaired) electrons. The zero-order chi connectivity index (χ0) is 17.2. The molecule has 1 atom stereocenters. The van der Waals surface area contributed by atoms with E-state index in [0.717, 1.165) is 10.9 Å². The van der Waals surface area contributed by atoms with Crippen molar-refractivity contribution in [1.29, 1.82) is 0 Å². The minimum atomic E-state index is -0.579. The summed E-state index contributed by atoms with van der Waals surface area (Å²) < 4.78 is 25.6. The van der Waals surface area contributed by atoms with Crippen molar-refractivity contribution in [2.45, 2.75) is 52.3 Å². The van der Waals surface area contributed by atoms with Crippen molar-refractivity contribution in [3.63, 3.8) is 0 Å². The molecule has 1 amide bonds. The van der Waals surface area contributed by atoms with Crippen LogP contribution in [0.1, 0.15) is 38.3 Å². The molecule has 0 bridgehead atoms. The van der Waals surface area contributed by atoms with E-state index in [1.807, 2.05) is 20.8 Å².